The molecule has 0 saturated heterocycles. The summed E-state index contributed by atoms with van der Waals surface area (Å²) in [6.07, 6.45) is 0. The first kappa shape index (κ1) is 9.07. The molecule has 1 aromatic rings. The Labute approximate surface area is 73.0 Å². The van der Waals surface area contributed by atoms with Gasteiger partial charge in [-0.2, -0.15) is 0 Å². The summed E-state index contributed by atoms with van der Waals surface area (Å²) in [6.45, 7) is 4.54. The zero-order chi connectivity index (χ0) is 9.14. The highest BCUT2D eigenvalue weighted by atomic mass is 16.3. The van der Waals surface area contributed by atoms with Crippen molar-refractivity contribution in [1.29, 1.82) is 0 Å². The van der Waals surface area contributed by atoms with Gasteiger partial charge in [-0.15, -0.1) is 0 Å². The Morgan fingerprint density at radius 1 is 1.50 bits per heavy atom. The third-order valence-electron chi connectivity index (χ3n) is 2.16. The first-order valence-corrected chi connectivity index (χ1v) is 4.14. The fourth-order valence-electron chi connectivity index (χ4n) is 1.07. The van der Waals surface area contributed by atoms with Gasteiger partial charge in [0, 0.05) is 0 Å². The number of hydrogen-bond acceptors (Lipinski definition) is 2. The molecule has 1 unspecified atom stereocenters. The van der Waals surface area contributed by atoms with Gasteiger partial charge in [-0.25, -0.2) is 0 Å². The highest BCUT2D eigenvalue weighted by Gasteiger charge is 2.04. The van der Waals surface area contributed by atoms with Gasteiger partial charge >= 0.3 is 0 Å². The lowest BCUT2D eigenvalue weighted by Gasteiger charge is -2.09. The van der Waals surface area contributed by atoms with Gasteiger partial charge in [-0.1, -0.05) is 19.1 Å². The quantitative estimate of drug-likeness (QED) is 0.701. The van der Waals surface area contributed by atoms with Gasteiger partial charge in [-0.3, -0.25) is 0 Å². The maximum absolute atomic E-state index is 9.40. The monoisotopic (exact) mass is 165 g/mol. The summed E-state index contributed by atoms with van der Waals surface area (Å²) < 4.78 is 0. The molecule has 0 saturated carbocycles. The van der Waals surface area contributed by atoms with Crippen LogP contribution in [0, 0.1) is 6.92 Å². The van der Waals surface area contributed by atoms with Crippen molar-refractivity contribution >= 4 is 0 Å². The van der Waals surface area contributed by atoms with Crippen LogP contribution < -0.4 is 5.73 Å². The highest BCUT2D eigenvalue weighted by molar-refractivity contribution is 5.36. The van der Waals surface area contributed by atoms with Gasteiger partial charge in [-0.05, 0) is 36.6 Å². The summed E-state index contributed by atoms with van der Waals surface area (Å²) in [4.78, 5) is 0. The molecule has 12 heavy (non-hydrogen) atoms. The van der Waals surface area contributed by atoms with Gasteiger partial charge in [0.1, 0.15) is 5.75 Å². The number of aryl methyl sites for hydroxylation is 1. The molecule has 0 fully saturated rings. The van der Waals surface area contributed by atoms with E-state index in [0.717, 1.165) is 11.1 Å². The number of phenolic OH excluding ortho intramolecular Hbond substituents is 1. The minimum Gasteiger partial charge on any atom is -0.508 e. The van der Waals surface area contributed by atoms with Gasteiger partial charge in [0.25, 0.3) is 0 Å². The highest BCUT2D eigenvalue weighted by Crippen LogP contribution is 2.22. The molecule has 1 atom stereocenters. The van der Waals surface area contributed by atoms with Crippen LogP contribution in [0.5, 0.6) is 5.75 Å². The lowest BCUT2D eigenvalue weighted by atomic mass is 10.00. The van der Waals surface area contributed by atoms with E-state index in [1.165, 1.54) is 0 Å². The third kappa shape index (κ3) is 1.77. The molecular formula is C10H15NO. The normalized spacial score (nSPS) is 12.9. The van der Waals surface area contributed by atoms with Crippen LogP contribution in [0.2, 0.25) is 0 Å². The van der Waals surface area contributed by atoms with E-state index in [0.29, 0.717) is 18.2 Å². The van der Waals surface area contributed by atoms with Crippen LogP contribution in [0.4, 0.5) is 0 Å². The molecule has 3 N–H and O–H groups in total. The summed E-state index contributed by atoms with van der Waals surface area (Å²) in [5.74, 6) is 0.671. The lowest BCUT2D eigenvalue weighted by Crippen LogP contribution is -2.08. The zero-order valence-corrected chi connectivity index (χ0v) is 7.54. The molecule has 1 aromatic carbocycles. The van der Waals surface area contributed by atoms with Crippen molar-refractivity contribution in [1.82, 2.24) is 0 Å². The van der Waals surface area contributed by atoms with Crippen molar-refractivity contribution in [3.63, 3.8) is 0 Å². The summed E-state index contributed by atoms with van der Waals surface area (Å²) in [5.41, 5.74) is 7.51. The summed E-state index contributed by atoms with van der Waals surface area (Å²) in [6, 6.07) is 5.70. The predicted molar refractivity (Wildman–Crippen MR) is 50.3 cm³/mol. The smallest absolute Gasteiger partial charge is 0.118 e. The second-order valence-corrected chi connectivity index (χ2v) is 3.18. The van der Waals surface area contributed by atoms with Crippen molar-refractivity contribution in [2.75, 3.05) is 6.54 Å². The molecule has 0 radical (unpaired) electrons. The lowest BCUT2D eigenvalue weighted by molar-refractivity contribution is 0.469. The molecular weight excluding hydrogens is 150 g/mol. The Morgan fingerprint density at radius 3 is 2.67 bits per heavy atom. The topological polar surface area (TPSA) is 46.2 Å². The van der Waals surface area contributed by atoms with Crippen LogP contribution in [0.25, 0.3) is 0 Å². The Kier molecular flexibility index (Phi) is 2.71. The van der Waals surface area contributed by atoms with E-state index in [9.17, 15) is 5.11 Å². The van der Waals surface area contributed by atoms with Crippen molar-refractivity contribution < 1.29 is 5.11 Å². The largest absolute Gasteiger partial charge is 0.508 e. The Morgan fingerprint density at radius 2 is 2.17 bits per heavy atom. The maximum Gasteiger partial charge on any atom is 0.118 e. The maximum atomic E-state index is 9.40. The molecule has 2 nitrogen and oxygen atoms in total. The minimum absolute atomic E-state index is 0.316. The van der Waals surface area contributed by atoms with Crippen LogP contribution in [-0.2, 0) is 0 Å². The molecule has 0 aliphatic rings. The molecule has 0 heterocycles. The van der Waals surface area contributed by atoms with Gasteiger partial charge in [0.05, 0.1) is 0 Å². The molecule has 0 aliphatic carbocycles. The van der Waals surface area contributed by atoms with Gasteiger partial charge < -0.3 is 10.8 Å². The number of benzene rings is 1. The Bertz CT molecular complexity index is 271. The number of phenols is 1. The van der Waals surface area contributed by atoms with E-state index in [4.69, 9.17) is 5.73 Å². The van der Waals surface area contributed by atoms with E-state index in [-0.39, 0.29) is 0 Å². The predicted octanol–water partition coefficient (Wildman–Crippen LogP) is 1.76. The first-order valence-electron chi connectivity index (χ1n) is 4.14. The molecule has 0 spiro atoms. The van der Waals surface area contributed by atoms with Crippen molar-refractivity contribution in [3.8, 4) is 5.75 Å². The van der Waals surface area contributed by atoms with Gasteiger partial charge in [0.2, 0.25) is 0 Å². The molecule has 0 aliphatic heterocycles. The fraction of sp³-hybridized carbons (Fsp3) is 0.400. The molecule has 0 amide bonds. The second kappa shape index (κ2) is 3.59. The third-order valence-corrected chi connectivity index (χ3v) is 2.16. The average molecular weight is 165 g/mol. The number of nitrogens with two attached hydrogens (primary N) is 1. The SMILES string of the molecule is Cc1ccc(C(C)CN)cc1O. The minimum atomic E-state index is 0.316. The molecule has 66 valence electrons. The van der Waals surface area contributed by atoms with Crippen molar-refractivity contribution in [2.24, 2.45) is 5.73 Å². The van der Waals surface area contributed by atoms with Gasteiger partial charge in [0.15, 0.2) is 0 Å². The van der Waals surface area contributed by atoms with Crippen LogP contribution in [0.3, 0.4) is 0 Å². The Hall–Kier alpha value is -1.02. The van der Waals surface area contributed by atoms with Crippen molar-refractivity contribution in [3.05, 3.63) is 29.3 Å². The van der Waals surface area contributed by atoms with Crippen LogP contribution in [0.15, 0.2) is 18.2 Å². The van der Waals surface area contributed by atoms with E-state index in [1.807, 2.05) is 26.0 Å². The fourth-order valence-corrected chi connectivity index (χ4v) is 1.07. The van der Waals surface area contributed by atoms with E-state index >= 15 is 0 Å². The summed E-state index contributed by atoms with van der Waals surface area (Å²) >= 11 is 0. The van der Waals surface area contributed by atoms with Crippen LogP contribution >= 0.6 is 0 Å². The second-order valence-electron chi connectivity index (χ2n) is 3.18. The van der Waals surface area contributed by atoms with Crippen molar-refractivity contribution in [2.45, 2.75) is 19.8 Å². The van der Waals surface area contributed by atoms with Crippen LogP contribution in [0.1, 0.15) is 24.0 Å². The zero-order valence-electron chi connectivity index (χ0n) is 7.54. The standard InChI is InChI=1S/C10H15NO/c1-7-3-4-9(5-10(7)12)8(2)6-11/h3-5,8,12H,6,11H2,1-2H3. The molecule has 1 rings (SSSR count). The number of hydrogen-bond donors (Lipinski definition) is 2. The van der Waals surface area contributed by atoms with E-state index in [1.54, 1.807) is 6.07 Å². The number of rotatable bonds is 2. The van der Waals surface area contributed by atoms with E-state index < -0.39 is 0 Å². The summed E-state index contributed by atoms with van der Waals surface area (Å²) in [7, 11) is 0. The summed E-state index contributed by atoms with van der Waals surface area (Å²) in [5, 5.41) is 9.40. The molecule has 0 bridgehead atoms. The average Bonchev–Trinajstić information content (AvgIpc) is 2.08. The van der Waals surface area contributed by atoms with Crippen LogP contribution in [-0.4, -0.2) is 11.7 Å². The number of aromatic hydroxyl groups is 1. The molecule has 0 aromatic heterocycles. The Balaban J connectivity index is 2.96. The van der Waals surface area contributed by atoms with E-state index in [2.05, 4.69) is 0 Å². The molecule has 2 heteroatoms. The first-order chi connectivity index (χ1) is 5.65.